The zero-order valence-corrected chi connectivity index (χ0v) is 17.9. The summed E-state index contributed by atoms with van der Waals surface area (Å²) >= 11 is 2.92. The van der Waals surface area contributed by atoms with E-state index in [0.29, 0.717) is 36.3 Å². The van der Waals surface area contributed by atoms with Crippen LogP contribution in [-0.4, -0.2) is 33.0 Å². The number of likely N-dealkylation sites (N-methyl/N-ethyl adjacent to an activating group) is 1. The molecule has 28 heavy (non-hydrogen) atoms. The highest BCUT2D eigenvalue weighted by Crippen LogP contribution is 2.16. The molecule has 0 aromatic carbocycles. The third kappa shape index (κ3) is 4.28. The fourth-order valence-electron chi connectivity index (χ4n) is 3.20. The van der Waals surface area contributed by atoms with Crippen LogP contribution < -0.4 is 11.2 Å². The molecule has 0 unspecified atom stereocenters. The van der Waals surface area contributed by atoms with Crippen LogP contribution in [-0.2, 0) is 24.3 Å². The minimum absolute atomic E-state index is 0.0388. The molecule has 0 aliphatic rings. The predicted octanol–water partition coefficient (Wildman–Crippen LogP) is 3.18. The van der Waals surface area contributed by atoms with E-state index in [1.807, 2.05) is 24.4 Å². The quantitative estimate of drug-likeness (QED) is 0.535. The van der Waals surface area contributed by atoms with E-state index in [4.69, 9.17) is 0 Å². The standard InChI is InChI=1S/C20H25N3O3S2/c1-3-5-10-21(4-2)17(24)14-23-16-9-13-28-18(16)19(25)22(20(23)26)11-8-15-7-6-12-27-15/h6-7,9,12-13H,3-5,8,10-11,14H2,1-2H3. The molecule has 0 fully saturated rings. The molecule has 3 rings (SSSR count). The maximum atomic E-state index is 13.1. The molecule has 6 nitrogen and oxygen atoms in total. The summed E-state index contributed by atoms with van der Waals surface area (Å²) in [5, 5.41) is 3.78. The molecule has 3 aromatic rings. The lowest BCUT2D eigenvalue weighted by atomic mass is 10.3. The largest absolute Gasteiger partial charge is 0.341 e. The Morgan fingerprint density at radius 3 is 2.61 bits per heavy atom. The molecule has 8 heteroatoms. The molecular weight excluding hydrogens is 394 g/mol. The second kappa shape index (κ2) is 9.34. The molecule has 0 spiro atoms. The van der Waals surface area contributed by atoms with Crippen molar-refractivity contribution >= 4 is 38.8 Å². The summed E-state index contributed by atoms with van der Waals surface area (Å²) in [6.07, 6.45) is 2.56. The van der Waals surface area contributed by atoms with Crippen molar-refractivity contribution in [2.75, 3.05) is 13.1 Å². The van der Waals surface area contributed by atoms with Gasteiger partial charge >= 0.3 is 5.69 Å². The summed E-state index contributed by atoms with van der Waals surface area (Å²) < 4.78 is 3.25. The van der Waals surface area contributed by atoms with Gasteiger partial charge < -0.3 is 4.90 Å². The molecule has 0 bridgehead atoms. The third-order valence-corrected chi connectivity index (χ3v) is 6.64. The van der Waals surface area contributed by atoms with E-state index >= 15 is 0 Å². The number of carbonyl (C=O) groups is 1. The average Bonchev–Trinajstić information content (AvgIpc) is 3.37. The third-order valence-electron chi connectivity index (χ3n) is 4.81. The highest BCUT2D eigenvalue weighted by Gasteiger charge is 2.19. The molecule has 0 atom stereocenters. The van der Waals surface area contributed by atoms with Gasteiger partial charge in [0.15, 0.2) is 0 Å². The summed E-state index contributed by atoms with van der Waals surface area (Å²) in [6.45, 7) is 5.60. The van der Waals surface area contributed by atoms with Crippen LogP contribution >= 0.6 is 22.7 Å². The molecule has 0 saturated carbocycles. The van der Waals surface area contributed by atoms with Crippen LogP contribution in [0.5, 0.6) is 0 Å². The van der Waals surface area contributed by atoms with Gasteiger partial charge in [0.25, 0.3) is 5.56 Å². The molecule has 0 aliphatic carbocycles. The first-order chi connectivity index (χ1) is 13.6. The van der Waals surface area contributed by atoms with Crippen molar-refractivity contribution in [2.24, 2.45) is 0 Å². The number of hydrogen-bond donors (Lipinski definition) is 0. The first-order valence-electron chi connectivity index (χ1n) is 9.57. The minimum Gasteiger partial charge on any atom is -0.341 e. The topological polar surface area (TPSA) is 64.3 Å². The maximum absolute atomic E-state index is 13.1. The number of aryl methyl sites for hydroxylation is 1. The van der Waals surface area contributed by atoms with Gasteiger partial charge in [0, 0.05) is 24.5 Å². The number of nitrogens with zero attached hydrogens (tertiary/aromatic N) is 3. The van der Waals surface area contributed by atoms with Gasteiger partial charge in [-0.2, -0.15) is 0 Å². The van der Waals surface area contributed by atoms with Gasteiger partial charge in [-0.1, -0.05) is 19.4 Å². The van der Waals surface area contributed by atoms with Crippen LogP contribution in [0.15, 0.2) is 38.5 Å². The maximum Gasteiger partial charge on any atom is 0.332 e. The van der Waals surface area contributed by atoms with Crippen molar-refractivity contribution in [3.8, 4) is 0 Å². The molecule has 150 valence electrons. The Hall–Kier alpha value is -2.19. The molecule has 3 aromatic heterocycles. The van der Waals surface area contributed by atoms with E-state index in [9.17, 15) is 14.4 Å². The van der Waals surface area contributed by atoms with Gasteiger partial charge in [-0.05, 0) is 42.7 Å². The Bertz CT molecular complexity index is 1050. The van der Waals surface area contributed by atoms with Crippen LogP contribution in [0.4, 0.5) is 0 Å². The van der Waals surface area contributed by atoms with Crippen LogP contribution in [0.1, 0.15) is 31.6 Å². The van der Waals surface area contributed by atoms with E-state index in [1.54, 1.807) is 27.7 Å². The number of carbonyl (C=O) groups excluding carboxylic acids is 1. The number of thiophene rings is 2. The van der Waals surface area contributed by atoms with Crippen molar-refractivity contribution in [3.63, 3.8) is 0 Å². The number of rotatable bonds is 9. The molecule has 1 amide bonds. The van der Waals surface area contributed by atoms with Crippen LogP contribution in [0.2, 0.25) is 0 Å². The Morgan fingerprint density at radius 1 is 1.11 bits per heavy atom. The molecular formula is C20H25N3O3S2. The van der Waals surface area contributed by atoms with Gasteiger partial charge in [0.05, 0.1) is 5.52 Å². The molecule has 0 aliphatic heterocycles. The van der Waals surface area contributed by atoms with Crippen molar-refractivity contribution in [1.29, 1.82) is 0 Å². The Morgan fingerprint density at radius 2 is 1.93 bits per heavy atom. The Balaban J connectivity index is 1.95. The predicted molar refractivity (Wildman–Crippen MR) is 116 cm³/mol. The summed E-state index contributed by atoms with van der Waals surface area (Å²) in [7, 11) is 0. The first kappa shape index (κ1) is 20.5. The zero-order chi connectivity index (χ0) is 20.1. The van der Waals surface area contributed by atoms with Crippen molar-refractivity contribution in [1.82, 2.24) is 14.0 Å². The minimum atomic E-state index is -0.410. The van der Waals surface area contributed by atoms with E-state index in [2.05, 4.69) is 6.92 Å². The Labute approximate surface area is 171 Å². The van der Waals surface area contributed by atoms with Crippen molar-refractivity contribution in [3.05, 3.63) is 54.7 Å². The average molecular weight is 420 g/mol. The van der Waals surface area contributed by atoms with Crippen molar-refractivity contribution in [2.45, 2.75) is 46.2 Å². The fraction of sp³-hybridized carbons (Fsp3) is 0.450. The molecule has 3 heterocycles. The van der Waals surface area contributed by atoms with Gasteiger partial charge in [0.1, 0.15) is 11.2 Å². The second-order valence-corrected chi connectivity index (χ2v) is 8.57. The van der Waals surface area contributed by atoms with Gasteiger partial charge in [0.2, 0.25) is 5.91 Å². The second-order valence-electron chi connectivity index (χ2n) is 6.62. The van der Waals surface area contributed by atoms with Crippen LogP contribution in [0.3, 0.4) is 0 Å². The summed E-state index contributed by atoms with van der Waals surface area (Å²) in [4.78, 5) is 41.6. The summed E-state index contributed by atoms with van der Waals surface area (Å²) in [6, 6.07) is 5.70. The number of amides is 1. The van der Waals surface area contributed by atoms with E-state index in [0.717, 1.165) is 17.7 Å². The van der Waals surface area contributed by atoms with Crippen LogP contribution in [0.25, 0.3) is 10.2 Å². The molecule has 0 radical (unpaired) electrons. The highest BCUT2D eigenvalue weighted by molar-refractivity contribution is 7.17. The monoisotopic (exact) mass is 419 g/mol. The Kier molecular flexibility index (Phi) is 6.85. The number of aromatic nitrogens is 2. The normalized spacial score (nSPS) is 11.2. The lowest BCUT2D eigenvalue weighted by molar-refractivity contribution is -0.131. The van der Waals surface area contributed by atoms with Gasteiger partial charge in [-0.25, -0.2) is 4.79 Å². The lowest BCUT2D eigenvalue weighted by Gasteiger charge is -2.21. The summed E-state index contributed by atoms with van der Waals surface area (Å²) in [5.41, 5.74) is -0.131. The van der Waals surface area contributed by atoms with E-state index < -0.39 is 5.69 Å². The number of hydrogen-bond acceptors (Lipinski definition) is 5. The number of fused-ring (bicyclic) bond motifs is 1. The lowest BCUT2D eigenvalue weighted by Crippen LogP contribution is -2.43. The summed E-state index contributed by atoms with van der Waals surface area (Å²) in [5.74, 6) is -0.0889. The molecule has 0 saturated heterocycles. The van der Waals surface area contributed by atoms with Gasteiger partial charge in [-0.3, -0.25) is 18.7 Å². The van der Waals surface area contributed by atoms with Crippen LogP contribution in [0, 0.1) is 0 Å². The SMILES string of the molecule is CCCCN(CC)C(=O)Cn1c(=O)n(CCc2cccs2)c(=O)c2sccc21. The fourth-order valence-corrected chi connectivity index (χ4v) is 4.74. The highest BCUT2D eigenvalue weighted by atomic mass is 32.1. The van der Waals surface area contributed by atoms with Gasteiger partial charge in [-0.15, -0.1) is 22.7 Å². The van der Waals surface area contributed by atoms with E-state index in [1.165, 1.54) is 20.5 Å². The van der Waals surface area contributed by atoms with E-state index in [-0.39, 0.29) is 18.0 Å². The first-order valence-corrected chi connectivity index (χ1v) is 11.3. The number of unbranched alkanes of at least 4 members (excludes halogenated alkanes) is 1. The molecule has 0 N–H and O–H groups in total. The smallest absolute Gasteiger partial charge is 0.332 e. The van der Waals surface area contributed by atoms with Crippen molar-refractivity contribution < 1.29 is 4.79 Å². The zero-order valence-electron chi connectivity index (χ0n) is 16.2.